The maximum Gasteiger partial charge on any atom is 0.241 e. The van der Waals surface area contributed by atoms with E-state index < -0.39 is 10.0 Å². The number of sulfonamides is 1. The van der Waals surface area contributed by atoms with E-state index in [4.69, 9.17) is 4.74 Å². The molecule has 0 amide bonds. The van der Waals surface area contributed by atoms with Crippen LogP contribution in [-0.2, 0) is 16.4 Å². The summed E-state index contributed by atoms with van der Waals surface area (Å²) in [5.74, 6) is 0.690. The fourth-order valence-electron chi connectivity index (χ4n) is 2.93. The zero-order valence-electron chi connectivity index (χ0n) is 16.3. The number of hydrogen-bond donors (Lipinski definition) is 1. The fraction of sp³-hybridized carbons (Fsp3) is 0.400. The van der Waals surface area contributed by atoms with Gasteiger partial charge in [-0.15, -0.1) is 0 Å². The number of benzene rings is 2. The van der Waals surface area contributed by atoms with Gasteiger partial charge in [-0.25, -0.2) is 13.1 Å². The third kappa shape index (κ3) is 4.77. The first-order valence-corrected chi connectivity index (χ1v) is 10.1. The predicted octanol–water partition coefficient (Wildman–Crippen LogP) is 3.29. The highest BCUT2D eigenvalue weighted by atomic mass is 32.2. The maximum atomic E-state index is 12.8. The van der Waals surface area contributed by atoms with Crippen molar-refractivity contribution < 1.29 is 13.2 Å². The third-order valence-corrected chi connectivity index (χ3v) is 6.06. The molecule has 0 aliphatic rings. The summed E-state index contributed by atoms with van der Waals surface area (Å²) >= 11 is 0. The van der Waals surface area contributed by atoms with Crippen LogP contribution in [-0.4, -0.2) is 35.7 Å². The lowest BCUT2D eigenvalue weighted by molar-refractivity contribution is 0.411. The van der Waals surface area contributed by atoms with Crippen molar-refractivity contribution in [3.8, 4) is 5.75 Å². The van der Waals surface area contributed by atoms with E-state index in [0.717, 1.165) is 16.8 Å². The first-order chi connectivity index (χ1) is 12.1. The number of rotatable bonds is 7. The zero-order valence-corrected chi connectivity index (χ0v) is 17.1. The van der Waals surface area contributed by atoms with Crippen molar-refractivity contribution in [2.75, 3.05) is 26.1 Å². The van der Waals surface area contributed by atoms with Crippen LogP contribution in [0.3, 0.4) is 0 Å². The minimum Gasteiger partial charge on any atom is -0.496 e. The number of ether oxygens (including phenoxy) is 1. The van der Waals surface area contributed by atoms with Crippen molar-refractivity contribution in [3.05, 3.63) is 53.1 Å². The van der Waals surface area contributed by atoms with Gasteiger partial charge in [0, 0.05) is 25.8 Å². The second-order valence-corrected chi connectivity index (χ2v) is 8.56. The molecule has 1 atom stereocenters. The Labute approximate surface area is 157 Å². The van der Waals surface area contributed by atoms with Crippen molar-refractivity contribution in [1.82, 2.24) is 4.72 Å². The van der Waals surface area contributed by atoms with Crippen molar-refractivity contribution in [1.29, 1.82) is 0 Å². The topological polar surface area (TPSA) is 58.6 Å². The van der Waals surface area contributed by atoms with Gasteiger partial charge >= 0.3 is 0 Å². The quantitative estimate of drug-likeness (QED) is 0.806. The average molecular weight is 377 g/mol. The first kappa shape index (κ1) is 20.3. The molecule has 2 rings (SSSR count). The van der Waals surface area contributed by atoms with Gasteiger partial charge in [-0.1, -0.05) is 12.1 Å². The molecular formula is C20H28N2O3S. The van der Waals surface area contributed by atoms with Crippen LogP contribution in [0.5, 0.6) is 5.75 Å². The Bertz CT molecular complexity index is 859. The molecule has 142 valence electrons. The highest BCUT2D eigenvalue weighted by Crippen LogP contribution is 2.25. The van der Waals surface area contributed by atoms with Crippen molar-refractivity contribution >= 4 is 15.7 Å². The summed E-state index contributed by atoms with van der Waals surface area (Å²) in [4.78, 5) is 2.33. The van der Waals surface area contributed by atoms with E-state index in [2.05, 4.69) is 4.72 Å². The number of anilines is 1. The Balaban J connectivity index is 2.14. The predicted molar refractivity (Wildman–Crippen MR) is 107 cm³/mol. The van der Waals surface area contributed by atoms with Crippen molar-refractivity contribution in [3.63, 3.8) is 0 Å². The molecule has 1 unspecified atom stereocenters. The first-order valence-electron chi connectivity index (χ1n) is 8.58. The van der Waals surface area contributed by atoms with Crippen LogP contribution in [0.25, 0.3) is 0 Å². The van der Waals surface area contributed by atoms with E-state index in [1.54, 1.807) is 26.2 Å². The van der Waals surface area contributed by atoms with Crippen LogP contribution in [0, 0.1) is 13.8 Å². The SMILES string of the molecule is COc1cc(C)c(S(=O)(=O)NC(C)Cc2ccc(N(C)C)cc2)cc1C. The standard InChI is InChI=1S/C20H28N2O3S/c1-14-12-20(15(2)11-19(14)25-6)26(23,24)21-16(3)13-17-7-9-18(10-8-17)22(4)5/h7-12,16,21H,13H2,1-6H3. The minimum atomic E-state index is -3.59. The zero-order chi connectivity index (χ0) is 19.5. The highest BCUT2D eigenvalue weighted by molar-refractivity contribution is 7.89. The molecular weight excluding hydrogens is 348 g/mol. The molecule has 2 aromatic carbocycles. The van der Waals surface area contributed by atoms with Gasteiger partial charge in [0.1, 0.15) is 5.75 Å². The third-order valence-electron chi connectivity index (χ3n) is 4.33. The molecule has 26 heavy (non-hydrogen) atoms. The second-order valence-electron chi connectivity index (χ2n) is 6.87. The lowest BCUT2D eigenvalue weighted by Gasteiger charge is -2.18. The summed E-state index contributed by atoms with van der Waals surface area (Å²) in [6.07, 6.45) is 0.626. The summed E-state index contributed by atoms with van der Waals surface area (Å²) < 4.78 is 33.6. The fourth-order valence-corrected chi connectivity index (χ4v) is 4.48. The van der Waals surface area contributed by atoms with Crippen molar-refractivity contribution in [2.24, 2.45) is 0 Å². The lowest BCUT2D eigenvalue weighted by Crippen LogP contribution is -2.34. The largest absolute Gasteiger partial charge is 0.496 e. The molecule has 6 heteroatoms. The smallest absolute Gasteiger partial charge is 0.241 e. The summed E-state index contributed by atoms with van der Waals surface area (Å²) in [7, 11) is 1.97. The van der Waals surface area contributed by atoms with E-state index in [-0.39, 0.29) is 6.04 Å². The average Bonchev–Trinajstić information content (AvgIpc) is 2.56. The second kappa shape index (κ2) is 8.10. The van der Waals surface area contributed by atoms with Crippen LogP contribution >= 0.6 is 0 Å². The summed E-state index contributed by atoms with van der Waals surface area (Å²) in [6, 6.07) is 11.3. The molecule has 2 aromatic rings. The Morgan fingerprint density at radius 1 is 1.08 bits per heavy atom. The maximum absolute atomic E-state index is 12.8. The van der Waals surface area contributed by atoms with Crippen LogP contribution in [0.2, 0.25) is 0 Å². The van der Waals surface area contributed by atoms with Gasteiger partial charge in [-0.05, 0) is 68.1 Å². The molecule has 0 bridgehead atoms. The van der Waals surface area contributed by atoms with Gasteiger partial charge in [-0.3, -0.25) is 0 Å². The summed E-state index contributed by atoms with van der Waals surface area (Å²) in [5.41, 5.74) is 3.67. The Morgan fingerprint density at radius 3 is 2.23 bits per heavy atom. The van der Waals surface area contributed by atoms with Gasteiger partial charge in [0.25, 0.3) is 0 Å². The van der Waals surface area contributed by atoms with Crippen molar-refractivity contribution in [2.45, 2.75) is 38.1 Å². The minimum absolute atomic E-state index is 0.216. The molecule has 0 spiro atoms. The van der Waals surface area contributed by atoms with E-state index in [1.807, 2.05) is 57.1 Å². The van der Waals surface area contributed by atoms with E-state index >= 15 is 0 Å². The van der Waals surface area contributed by atoms with Gasteiger partial charge in [-0.2, -0.15) is 0 Å². The van der Waals surface area contributed by atoms with Gasteiger partial charge in [0.15, 0.2) is 0 Å². The van der Waals surface area contributed by atoms with Gasteiger partial charge < -0.3 is 9.64 Å². The van der Waals surface area contributed by atoms with Gasteiger partial charge in [0.2, 0.25) is 10.0 Å². The number of aryl methyl sites for hydroxylation is 2. The number of nitrogens with zero attached hydrogens (tertiary/aromatic N) is 1. The number of nitrogens with one attached hydrogen (secondary N) is 1. The molecule has 1 N–H and O–H groups in total. The van der Waals surface area contributed by atoms with Crippen LogP contribution < -0.4 is 14.4 Å². The van der Waals surface area contributed by atoms with Crippen LogP contribution in [0.4, 0.5) is 5.69 Å². The van der Waals surface area contributed by atoms with E-state index in [0.29, 0.717) is 22.6 Å². The Hall–Kier alpha value is -2.05. The molecule has 0 saturated heterocycles. The molecule has 0 aliphatic heterocycles. The molecule has 0 radical (unpaired) electrons. The molecule has 0 saturated carbocycles. The number of hydrogen-bond acceptors (Lipinski definition) is 4. The normalized spacial score (nSPS) is 12.7. The lowest BCUT2D eigenvalue weighted by atomic mass is 10.1. The summed E-state index contributed by atoms with van der Waals surface area (Å²) in [5, 5.41) is 0. The van der Waals surface area contributed by atoms with Crippen LogP contribution in [0.1, 0.15) is 23.6 Å². The van der Waals surface area contributed by atoms with E-state index in [9.17, 15) is 8.42 Å². The monoisotopic (exact) mass is 376 g/mol. The molecule has 0 aliphatic carbocycles. The van der Waals surface area contributed by atoms with E-state index in [1.165, 1.54) is 0 Å². The molecule has 0 aromatic heterocycles. The Kier molecular flexibility index (Phi) is 6.31. The number of methoxy groups -OCH3 is 1. The van der Waals surface area contributed by atoms with Gasteiger partial charge in [0.05, 0.1) is 12.0 Å². The van der Waals surface area contributed by atoms with Crippen LogP contribution in [0.15, 0.2) is 41.3 Å². The summed E-state index contributed by atoms with van der Waals surface area (Å²) in [6.45, 7) is 5.50. The highest BCUT2D eigenvalue weighted by Gasteiger charge is 2.21. The molecule has 0 fully saturated rings. The molecule has 5 nitrogen and oxygen atoms in total. The Morgan fingerprint density at radius 2 is 1.69 bits per heavy atom. The molecule has 0 heterocycles.